The fraction of sp³-hybridized carbons (Fsp3) is 0.625. The van der Waals surface area contributed by atoms with Crippen LogP contribution in [0.3, 0.4) is 0 Å². The lowest BCUT2D eigenvalue weighted by Crippen LogP contribution is -2.45. The third-order valence-corrected chi connectivity index (χ3v) is 4.89. The molecule has 0 amide bonds. The quantitative estimate of drug-likeness (QED) is 0.684. The average molecular weight is 289 g/mol. The van der Waals surface area contributed by atoms with Crippen LogP contribution >= 0.6 is 0 Å². The van der Waals surface area contributed by atoms with E-state index >= 15 is 0 Å². The molecule has 21 heavy (non-hydrogen) atoms. The van der Waals surface area contributed by atoms with Gasteiger partial charge in [0.05, 0.1) is 4.92 Å². The van der Waals surface area contributed by atoms with Gasteiger partial charge < -0.3 is 10.2 Å². The zero-order chi connectivity index (χ0) is 14.8. The number of aryl methyl sites for hydroxylation is 1. The maximum Gasteiger partial charge on any atom is 0.272 e. The summed E-state index contributed by atoms with van der Waals surface area (Å²) < 4.78 is 0. The standard InChI is InChI=1S/C16H23N3O2/c1-12-4-5-13(9-16(12)19(20)21)11-17-14-6-8-18-7-2-3-15(18)10-14/h4-5,9,14-15,17H,2-3,6-8,10-11H2,1H3. The Morgan fingerprint density at radius 2 is 2.24 bits per heavy atom. The van der Waals surface area contributed by atoms with Crippen LogP contribution in [0.4, 0.5) is 5.69 Å². The van der Waals surface area contributed by atoms with Crippen LogP contribution in [0.1, 0.15) is 36.8 Å². The van der Waals surface area contributed by atoms with Crippen LogP contribution in [0.5, 0.6) is 0 Å². The van der Waals surface area contributed by atoms with Crippen molar-refractivity contribution in [3.05, 3.63) is 39.4 Å². The number of hydrogen-bond acceptors (Lipinski definition) is 4. The topological polar surface area (TPSA) is 58.4 Å². The summed E-state index contributed by atoms with van der Waals surface area (Å²) in [7, 11) is 0. The van der Waals surface area contributed by atoms with Gasteiger partial charge >= 0.3 is 0 Å². The van der Waals surface area contributed by atoms with Crippen molar-refractivity contribution in [2.75, 3.05) is 13.1 Å². The van der Waals surface area contributed by atoms with Gasteiger partial charge in [0, 0.05) is 30.3 Å². The molecule has 2 atom stereocenters. The van der Waals surface area contributed by atoms with Crippen LogP contribution in [0.2, 0.25) is 0 Å². The van der Waals surface area contributed by atoms with Gasteiger partial charge in [0.15, 0.2) is 0 Å². The number of nitro benzene ring substituents is 1. The fourth-order valence-corrected chi connectivity index (χ4v) is 3.63. The minimum absolute atomic E-state index is 0.222. The molecule has 2 fully saturated rings. The number of rotatable bonds is 4. The predicted molar refractivity (Wildman–Crippen MR) is 82.3 cm³/mol. The fourth-order valence-electron chi connectivity index (χ4n) is 3.63. The van der Waals surface area contributed by atoms with Gasteiger partial charge in [-0.2, -0.15) is 0 Å². The molecule has 2 aliphatic rings. The van der Waals surface area contributed by atoms with Gasteiger partial charge in [0.1, 0.15) is 0 Å². The van der Waals surface area contributed by atoms with Crippen LogP contribution in [0.25, 0.3) is 0 Å². The molecule has 0 aromatic heterocycles. The van der Waals surface area contributed by atoms with Crippen molar-refractivity contribution >= 4 is 5.69 Å². The lowest BCUT2D eigenvalue weighted by atomic mass is 9.97. The normalized spacial score (nSPS) is 25.8. The van der Waals surface area contributed by atoms with Gasteiger partial charge in [0.2, 0.25) is 0 Å². The van der Waals surface area contributed by atoms with Gasteiger partial charge in [-0.25, -0.2) is 0 Å². The zero-order valence-electron chi connectivity index (χ0n) is 12.5. The summed E-state index contributed by atoms with van der Waals surface area (Å²) in [4.78, 5) is 13.3. The number of benzene rings is 1. The number of nitrogens with one attached hydrogen (secondary N) is 1. The second-order valence-electron chi connectivity index (χ2n) is 6.31. The highest BCUT2D eigenvalue weighted by atomic mass is 16.6. The monoisotopic (exact) mass is 289 g/mol. The Labute approximate surface area is 125 Å². The number of piperidine rings is 1. The van der Waals surface area contributed by atoms with Crippen molar-refractivity contribution in [2.24, 2.45) is 0 Å². The average Bonchev–Trinajstić information content (AvgIpc) is 2.93. The summed E-state index contributed by atoms with van der Waals surface area (Å²) >= 11 is 0. The molecule has 2 saturated heterocycles. The number of nitrogens with zero attached hydrogens (tertiary/aromatic N) is 2. The van der Waals surface area contributed by atoms with E-state index in [2.05, 4.69) is 10.2 Å². The number of nitro groups is 1. The summed E-state index contributed by atoms with van der Waals surface area (Å²) in [5.41, 5.74) is 1.95. The first-order valence-corrected chi connectivity index (χ1v) is 7.85. The Bertz CT molecular complexity index is 532. The molecule has 1 aromatic rings. The molecule has 1 N–H and O–H groups in total. The molecule has 114 valence electrons. The minimum atomic E-state index is -0.296. The SMILES string of the molecule is Cc1ccc(CNC2CCN3CCCC3C2)cc1[N+](=O)[O-]. The highest BCUT2D eigenvalue weighted by Crippen LogP contribution is 2.27. The van der Waals surface area contributed by atoms with Crippen molar-refractivity contribution in [1.82, 2.24) is 10.2 Å². The lowest BCUT2D eigenvalue weighted by Gasteiger charge is -2.35. The summed E-state index contributed by atoms with van der Waals surface area (Å²) in [6.45, 7) is 4.96. The maximum absolute atomic E-state index is 11.0. The van der Waals surface area contributed by atoms with E-state index in [0.717, 1.165) is 23.7 Å². The Morgan fingerprint density at radius 3 is 3.05 bits per heavy atom. The first kappa shape index (κ1) is 14.5. The van der Waals surface area contributed by atoms with Crippen molar-refractivity contribution in [3.63, 3.8) is 0 Å². The minimum Gasteiger partial charge on any atom is -0.310 e. The molecular weight excluding hydrogens is 266 g/mol. The molecule has 5 nitrogen and oxygen atoms in total. The highest BCUT2D eigenvalue weighted by Gasteiger charge is 2.31. The molecule has 2 aliphatic heterocycles. The van der Waals surface area contributed by atoms with Crippen molar-refractivity contribution < 1.29 is 4.92 Å². The number of fused-ring (bicyclic) bond motifs is 1. The largest absolute Gasteiger partial charge is 0.310 e. The van der Waals surface area contributed by atoms with Crippen LogP contribution in [-0.4, -0.2) is 35.0 Å². The van der Waals surface area contributed by atoms with Crippen molar-refractivity contribution in [3.8, 4) is 0 Å². The van der Waals surface area contributed by atoms with Gasteiger partial charge in [-0.15, -0.1) is 0 Å². The van der Waals surface area contributed by atoms with E-state index in [-0.39, 0.29) is 10.6 Å². The summed E-state index contributed by atoms with van der Waals surface area (Å²) in [6, 6.07) is 6.83. The van der Waals surface area contributed by atoms with Crippen molar-refractivity contribution in [2.45, 2.75) is 51.2 Å². The van der Waals surface area contributed by atoms with E-state index in [4.69, 9.17) is 0 Å². The maximum atomic E-state index is 11.0. The van der Waals surface area contributed by atoms with E-state index in [0.29, 0.717) is 6.04 Å². The molecule has 3 rings (SSSR count). The van der Waals surface area contributed by atoms with Crippen LogP contribution < -0.4 is 5.32 Å². The third-order valence-electron chi connectivity index (χ3n) is 4.89. The second kappa shape index (κ2) is 6.12. The molecule has 0 radical (unpaired) electrons. The highest BCUT2D eigenvalue weighted by molar-refractivity contribution is 5.42. The Kier molecular flexibility index (Phi) is 4.22. The predicted octanol–water partition coefficient (Wildman–Crippen LogP) is 2.62. The Hall–Kier alpha value is -1.46. The Balaban J connectivity index is 1.58. The van der Waals surface area contributed by atoms with Gasteiger partial charge in [-0.05, 0) is 51.3 Å². The van der Waals surface area contributed by atoms with Crippen LogP contribution in [0, 0.1) is 17.0 Å². The van der Waals surface area contributed by atoms with E-state index in [9.17, 15) is 10.1 Å². The van der Waals surface area contributed by atoms with Gasteiger partial charge in [-0.1, -0.05) is 12.1 Å². The number of hydrogen-bond donors (Lipinski definition) is 1. The Morgan fingerprint density at radius 1 is 1.38 bits per heavy atom. The molecule has 0 saturated carbocycles. The lowest BCUT2D eigenvalue weighted by molar-refractivity contribution is -0.385. The van der Waals surface area contributed by atoms with E-state index in [1.165, 1.54) is 38.8 Å². The van der Waals surface area contributed by atoms with Gasteiger partial charge in [-0.3, -0.25) is 10.1 Å². The molecule has 0 aliphatic carbocycles. The summed E-state index contributed by atoms with van der Waals surface area (Å²) in [6.07, 6.45) is 5.06. The zero-order valence-corrected chi connectivity index (χ0v) is 12.5. The molecule has 2 unspecified atom stereocenters. The smallest absolute Gasteiger partial charge is 0.272 e. The van der Waals surface area contributed by atoms with Crippen LogP contribution in [-0.2, 0) is 6.54 Å². The van der Waals surface area contributed by atoms with E-state index in [1.807, 2.05) is 12.1 Å². The molecule has 2 heterocycles. The molecular formula is C16H23N3O2. The first-order chi connectivity index (χ1) is 10.1. The molecule has 1 aromatic carbocycles. The van der Waals surface area contributed by atoms with Crippen LogP contribution in [0.15, 0.2) is 18.2 Å². The second-order valence-corrected chi connectivity index (χ2v) is 6.31. The summed E-state index contributed by atoms with van der Waals surface area (Å²) in [5, 5.41) is 14.6. The van der Waals surface area contributed by atoms with E-state index in [1.54, 1.807) is 13.0 Å². The molecule has 5 heteroatoms. The first-order valence-electron chi connectivity index (χ1n) is 7.85. The third kappa shape index (κ3) is 3.24. The van der Waals surface area contributed by atoms with E-state index < -0.39 is 0 Å². The van der Waals surface area contributed by atoms with Gasteiger partial charge in [0.25, 0.3) is 5.69 Å². The molecule has 0 bridgehead atoms. The molecule has 0 spiro atoms. The van der Waals surface area contributed by atoms with Crippen molar-refractivity contribution in [1.29, 1.82) is 0 Å². The summed E-state index contributed by atoms with van der Waals surface area (Å²) in [5.74, 6) is 0.